The van der Waals surface area contributed by atoms with Gasteiger partial charge in [-0.2, -0.15) is 0 Å². The average Bonchev–Trinajstić information content (AvgIpc) is 2.97. The Hall–Kier alpha value is -1.77. The van der Waals surface area contributed by atoms with Crippen molar-refractivity contribution < 1.29 is 9.45 Å². The summed E-state index contributed by atoms with van der Waals surface area (Å²) in [5.74, 6) is 0. The maximum Gasteiger partial charge on any atom is 0.256 e. The zero-order valence-corrected chi connectivity index (χ0v) is 15.6. The Morgan fingerprint density at radius 3 is 2.88 bits per heavy atom. The van der Waals surface area contributed by atoms with Crippen LogP contribution in [0, 0.1) is 10.1 Å². The molecule has 0 bridgehead atoms. The summed E-state index contributed by atoms with van der Waals surface area (Å²) in [4.78, 5) is 15.9. The Labute approximate surface area is 155 Å². The van der Waals surface area contributed by atoms with Crippen molar-refractivity contribution in [2.24, 2.45) is 0 Å². The lowest BCUT2D eigenvalue weighted by atomic mass is 10.2. The maximum absolute atomic E-state index is 11.6. The van der Waals surface area contributed by atoms with Gasteiger partial charge in [0.25, 0.3) is 5.22 Å². The summed E-state index contributed by atoms with van der Waals surface area (Å²) in [6, 6.07) is 10.3. The lowest BCUT2D eigenvalue weighted by Crippen LogP contribution is -2.29. The predicted molar refractivity (Wildman–Crippen MR) is 98.1 cm³/mol. The maximum atomic E-state index is 11.6. The van der Waals surface area contributed by atoms with E-state index in [0.29, 0.717) is 32.6 Å². The van der Waals surface area contributed by atoms with Crippen molar-refractivity contribution in [2.45, 2.75) is 11.8 Å². The normalized spacial score (nSPS) is 11.0. The van der Waals surface area contributed by atoms with Gasteiger partial charge in [0.1, 0.15) is 17.7 Å². The Kier molecular flexibility index (Phi) is 4.98. The summed E-state index contributed by atoms with van der Waals surface area (Å²) in [7, 11) is 0. The van der Waals surface area contributed by atoms with Gasteiger partial charge in [0.15, 0.2) is 10.6 Å². The van der Waals surface area contributed by atoms with E-state index in [9.17, 15) is 10.1 Å². The van der Waals surface area contributed by atoms with E-state index in [-0.39, 0.29) is 6.54 Å². The summed E-state index contributed by atoms with van der Waals surface area (Å²) in [6.07, 6.45) is 1.86. The molecule has 0 saturated heterocycles. The van der Waals surface area contributed by atoms with Gasteiger partial charge >= 0.3 is 0 Å². The van der Waals surface area contributed by atoms with Crippen LogP contribution in [0.15, 0.2) is 50.5 Å². The summed E-state index contributed by atoms with van der Waals surface area (Å²) in [5, 5.41) is 12.9. The number of para-hydroxylation sites is 1. The minimum Gasteiger partial charge on any atom is -0.431 e. The van der Waals surface area contributed by atoms with Crippen molar-refractivity contribution in [3.63, 3.8) is 0 Å². The van der Waals surface area contributed by atoms with Gasteiger partial charge in [-0.3, -0.25) is 0 Å². The monoisotopic (exact) mass is 427 g/mol. The lowest BCUT2D eigenvalue weighted by Gasteiger charge is -2.16. The third kappa shape index (κ3) is 3.35. The van der Waals surface area contributed by atoms with E-state index in [0.717, 1.165) is 9.48 Å². The Morgan fingerprint density at radius 1 is 1.42 bits per heavy atom. The summed E-state index contributed by atoms with van der Waals surface area (Å²) in [5.41, 5.74) is 2.21. The van der Waals surface area contributed by atoms with Crippen LogP contribution in [-0.2, 0) is 6.54 Å². The largest absolute Gasteiger partial charge is 0.431 e. The summed E-state index contributed by atoms with van der Waals surface area (Å²) in [6.45, 7) is 0.0199. The molecular weight excluding hydrogens is 418 g/mol. The number of nitro groups is 1. The molecule has 0 spiro atoms. The van der Waals surface area contributed by atoms with Gasteiger partial charge in [0.2, 0.25) is 0 Å². The molecule has 2 aromatic carbocycles. The lowest BCUT2D eigenvalue weighted by molar-refractivity contribution is -0.496. The molecule has 24 heavy (non-hydrogen) atoms. The van der Waals surface area contributed by atoms with Crippen LogP contribution in [0.3, 0.4) is 0 Å². The van der Waals surface area contributed by atoms with Crippen LogP contribution < -0.4 is 5.01 Å². The molecule has 1 heterocycles. The first-order valence-corrected chi connectivity index (χ1v) is 9.18. The van der Waals surface area contributed by atoms with Gasteiger partial charge in [-0.05, 0) is 30.5 Å². The molecule has 0 aliphatic rings. The van der Waals surface area contributed by atoms with Crippen LogP contribution in [0.25, 0.3) is 11.1 Å². The SMILES string of the molecule is CSc1nc2c(CN(c3ccc(Br)cc3Cl)[N+](=O)[O-])cccc2o1. The van der Waals surface area contributed by atoms with Gasteiger partial charge in [-0.15, -0.1) is 0 Å². The van der Waals surface area contributed by atoms with E-state index >= 15 is 0 Å². The van der Waals surface area contributed by atoms with E-state index in [4.69, 9.17) is 16.0 Å². The molecule has 0 N–H and O–H groups in total. The van der Waals surface area contributed by atoms with E-state index < -0.39 is 5.03 Å². The van der Waals surface area contributed by atoms with Crippen molar-refractivity contribution in [1.29, 1.82) is 0 Å². The van der Waals surface area contributed by atoms with Crippen LogP contribution in [-0.4, -0.2) is 16.3 Å². The molecule has 0 fully saturated rings. The van der Waals surface area contributed by atoms with Crippen LogP contribution in [0.4, 0.5) is 5.69 Å². The molecule has 0 amide bonds. The number of hydrazine groups is 1. The van der Waals surface area contributed by atoms with Crippen LogP contribution in [0.1, 0.15) is 5.56 Å². The molecule has 1 aromatic heterocycles. The zero-order chi connectivity index (χ0) is 17.3. The highest BCUT2D eigenvalue weighted by atomic mass is 79.9. The standard InChI is InChI=1S/C15H11BrClN3O3S/c1-24-15-18-14-9(3-2-4-13(14)23-15)8-19(20(21)22)12-6-5-10(16)7-11(12)17/h2-7H,8H2,1H3. The second kappa shape index (κ2) is 7.00. The number of hydrogen-bond donors (Lipinski definition) is 0. The fourth-order valence-electron chi connectivity index (χ4n) is 2.28. The first-order valence-electron chi connectivity index (χ1n) is 6.79. The molecule has 0 unspecified atom stereocenters. The van der Waals surface area contributed by atoms with Crippen molar-refractivity contribution >= 4 is 56.1 Å². The predicted octanol–water partition coefficient (Wildman–Crippen LogP) is 5.16. The third-order valence-electron chi connectivity index (χ3n) is 3.36. The Balaban J connectivity index is 2.03. The second-order valence-corrected chi connectivity index (χ2v) is 6.92. The number of aromatic nitrogens is 1. The molecule has 6 nitrogen and oxygen atoms in total. The van der Waals surface area contributed by atoms with Crippen LogP contribution in [0.5, 0.6) is 0 Å². The van der Waals surface area contributed by atoms with Crippen molar-refractivity contribution in [3.8, 4) is 0 Å². The van der Waals surface area contributed by atoms with Gasteiger partial charge < -0.3 is 4.42 Å². The van der Waals surface area contributed by atoms with Gasteiger partial charge in [0, 0.05) is 10.0 Å². The van der Waals surface area contributed by atoms with Crippen molar-refractivity contribution in [3.05, 3.63) is 61.6 Å². The van der Waals surface area contributed by atoms with E-state index in [1.165, 1.54) is 11.8 Å². The van der Waals surface area contributed by atoms with Crippen molar-refractivity contribution in [2.75, 3.05) is 11.3 Å². The van der Waals surface area contributed by atoms with Crippen molar-refractivity contribution in [1.82, 2.24) is 4.98 Å². The first kappa shape index (κ1) is 17.1. The van der Waals surface area contributed by atoms with Gasteiger partial charge in [-0.1, -0.05) is 56.4 Å². The molecule has 3 rings (SSSR count). The van der Waals surface area contributed by atoms with Crippen LogP contribution in [0.2, 0.25) is 5.02 Å². The fourth-order valence-corrected chi connectivity index (χ4v) is 3.41. The molecule has 0 aliphatic carbocycles. The Morgan fingerprint density at radius 2 is 2.21 bits per heavy atom. The zero-order valence-electron chi connectivity index (χ0n) is 12.4. The number of thioether (sulfide) groups is 1. The highest BCUT2D eigenvalue weighted by Crippen LogP contribution is 2.31. The Bertz CT molecular complexity index is 918. The molecule has 9 heteroatoms. The number of nitrogens with zero attached hydrogens (tertiary/aromatic N) is 3. The molecule has 0 saturated carbocycles. The quantitative estimate of drug-likeness (QED) is 0.317. The number of fused-ring (bicyclic) bond motifs is 1. The number of halogens is 2. The molecule has 0 aliphatic heterocycles. The van der Waals surface area contributed by atoms with E-state index in [1.54, 1.807) is 36.4 Å². The summed E-state index contributed by atoms with van der Waals surface area (Å²) >= 11 is 10.8. The number of benzene rings is 2. The topological polar surface area (TPSA) is 72.4 Å². The number of anilines is 1. The molecule has 3 aromatic rings. The highest BCUT2D eigenvalue weighted by molar-refractivity contribution is 9.10. The van der Waals surface area contributed by atoms with Gasteiger partial charge in [-0.25, -0.2) is 15.1 Å². The molecule has 0 radical (unpaired) electrons. The summed E-state index contributed by atoms with van der Waals surface area (Å²) < 4.78 is 6.33. The average molecular weight is 429 g/mol. The smallest absolute Gasteiger partial charge is 0.256 e. The minimum absolute atomic E-state index is 0.0199. The number of oxazole rings is 1. The molecular formula is C15H11BrClN3O3S. The number of hydrogen-bond acceptors (Lipinski definition) is 5. The minimum atomic E-state index is -0.483. The van der Waals surface area contributed by atoms with E-state index in [1.807, 2.05) is 6.26 Å². The highest BCUT2D eigenvalue weighted by Gasteiger charge is 2.23. The number of rotatable bonds is 5. The second-order valence-electron chi connectivity index (χ2n) is 4.84. The molecule has 124 valence electrons. The third-order valence-corrected chi connectivity index (χ3v) is 4.68. The van der Waals surface area contributed by atoms with Crippen LogP contribution >= 0.6 is 39.3 Å². The van der Waals surface area contributed by atoms with Gasteiger partial charge in [0.05, 0.1) is 5.02 Å². The fraction of sp³-hybridized carbons (Fsp3) is 0.133. The molecule has 0 atom stereocenters. The van der Waals surface area contributed by atoms with E-state index in [2.05, 4.69) is 20.9 Å². The first-order chi connectivity index (χ1) is 11.5.